The predicted octanol–water partition coefficient (Wildman–Crippen LogP) is 2.53. The van der Waals surface area contributed by atoms with E-state index in [1.807, 2.05) is 18.2 Å². The molecular weight excluding hydrogens is 294 g/mol. The normalized spacial score (nSPS) is 10.9. The van der Waals surface area contributed by atoms with Crippen LogP contribution in [0, 0.1) is 0 Å². The molecule has 0 aliphatic carbocycles. The van der Waals surface area contributed by atoms with Gasteiger partial charge in [-0.1, -0.05) is 30.3 Å². The van der Waals surface area contributed by atoms with Crippen LogP contribution < -0.4 is 10.7 Å². The van der Waals surface area contributed by atoms with Gasteiger partial charge in [0.25, 0.3) is 5.91 Å². The minimum Gasteiger partial charge on any atom is -0.507 e. The van der Waals surface area contributed by atoms with E-state index in [2.05, 4.69) is 15.8 Å². The first-order valence-corrected chi connectivity index (χ1v) is 7.02. The lowest BCUT2D eigenvalue weighted by atomic mass is 10.2. The molecule has 0 fully saturated rings. The number of amides is 2. The zero-order valence-corrected chi connectivity index (χ0v) is 12.6. The van der Waals surface area contributed by atoms with Gasteiger partial charge in [-0.2, -0.15) is 5.10 Å². The molecule has 118 valence electrons. The van der Waals surface area contributed by atoms with Crippen molar-refractivity contribution < 1.29 is 14.7 Å². The molecule has 6 heteroatoms. The quantitative estimate of drug-likeness (QED) is 0.585. The van der Waals surface area contributed by atoms with Gasteiger partial charge in [-0.05, 0) is 31.2 Å². The summed E-state index contributed by atoms with van der Waals surface area (Å²) in [6.45, 7) is 1.63. The van der Waals surface area contributed by atoms with Crippen molar-refractivity contribution >= 4 is 23.2 Å². The number of hydrogen-bond acceptors (Lipinski definition) is 4. The number of nitrogens with one attached hydrogen (secondary N) is 2. The second-order valence-electron chi connectivity index (χ2n) is 4.90. The maximum Gasteiger partial charge on any atom is 0.275 e. The van der Waals surface area contributed by atoms with Crippen LogP contribution in [0.1, 0.15) is 23.7 Å². The van der Waals surface area contributed by atoms with Crippen molar-refractivity contribution in [3.63, 3.8) is 0 Å². The lowest BCUT2D eigenvalue weighted by Crippen LogP contribution is -2.21. The minimum atomic E-state index is -0.536. The smallest absolute Gasteiger partial charge is 0.275 e. The van der Waals surface area contributed by atoms with Crippen LogP contribution in [0.4, 0.5) is 5.69 Å². The lowest BCUT2D eigenvalue weighted by Gasteiger charge is -2.06. The lowest BCUT2D eigenvalue weighted by molar-refractivity contribution is -0.115. The van der Waals surface area contributed by atoms with Crippen molar-refractivity contribution in [2.24, 2.45) is 5.10 Å². The van der Waals surface area contributed by atoms with Crippen LogP contribution in [0.25, 0.3) is 0 Å². The standard InChI is InChI=1S/C17H17N3O3/c1-12(11-16(22)18-13-7-3-2-4-8-13)19-20-17(23)14-9-5-6-10-15(14)21/h2-10,21H,11H2,1H3,(H,18,22)(H,20,23)/b19-12+. The summed E-state index contributed by atoms with van der Waals surface area (Å²) in [4.78, 5) is 23.7. The maximum absolute atomic E-state index is 11.9. The van der Waals surface area contributed by atoms with Crippen molar-refractivity contribution in [3.05, 3.63) is 60.2 Å². The third-order valence-corrected chi connectivity index (χ3v) is 2.97. The van der Waals surface area contributed by atoms with Gasteiger partial charge < -0.3 is 10.4 Å². The van der Waals surface area contributed by atoms with E-state index >= 15 is 0 Å². The van der Waals surface area contributed by atoms with Gasteiger partial charge in [-0.15, -0.1) is 0 Å². The molecule has 6 nitrogen and oxygen atoms in total. The summed E-state index contributed by atoms with van der Waals surface area (Å²) in [5, 5.41) is 16.2. The Morgan fingerprint density at radius 2 is 1.70 bits per heavy atom. The van der Waals surface area contributed by atoms with E-state index in [9.17, 15) is 14.7 Å². The monoisotopic (exact) mass is 311 g/mol. The Bertz CT molecular complexity index is 727. The Balaban J connectivity index is 1.89. The number of aromatic hydroxyl groups is 1. The van der Waals surface area contributed by atoms with Crippen LogP contribution in [0.2, 0.25) is 0 Å². The van der Waals surface area contributed by atoms with Crippen LogP contribution in [-0.2, 0) is 4.79 Å². The van der Waals surface area contributed by atoms with Crippen LogP contribution in [0.5, 0.6) is 5.75 Å². The first-order valence-electron chi connectivity index (χ1n) is 7.02. The molecule has 23 heavy (non-hydrogen) atoms. The van der Waals surface area contributed by atoms with Gasteiger partial charge in [0, 0.05) is 11.4 Å². The van der Waals surface area contributed by atoms with Crippen LogP contribution in [0.3, 0.4) is 0 Å². The summed E-state index contributed by atoms with van der Waals surface area (Å²) in [6.07, 6.45) is 0.0515. The first kappa shape index (κ1) is 16.2. The SMILES string of the molecule is C/C(CC(=O)Nc1ccccc1)=N\NC(=O)c1ccccc1O. The molecular formula is C17H17N3O3. The van der Waals surface area contributed by atoms with Gasteiger partial charge in [0.1, 0.15) is 5.75 Å². The molecule has 3 N–H and O–H groups in total. The number of para-hydroxylation sites is 2. The number of anilines is 1. The molecule has 0 unspecified atom stereocenters. The number of hydrogen-bond donors (Lipinski definition) is 3. The van der Waals surface area contributed by atoms with E-state index in [0.29, 0.717) is 11.4 Å². The summed E-state index contributed by atoms with van der Waals surface area (Å²) in [6, 6.07) is 15.2. The van der Waals surface area contributed by atoms with E-state index < -0.39 is 5.91 Å². The highest BCUT2D eigenvalue weighted by Gasteiger charge is 2.10. The molecule has 2 amide bonds. The molecule has 0 bridgehead atoms. The fourth-order valence-electron chi connectivity index (χ4n) is 1.87. The Hall–Kier alpha value is -3.15. The number of hydrazone groups is 1. The van der Waals surface area contributed by atoms with E-state index in [1.54, 1.807) is 31.2 Å². The fourth-order valence-corrected chi connectivity index (χ4v) is 1.87. The van der Waals surface area contributed by atoms with Crippen LogP contribution in [0.15, 0.2) is 59.7 Å². The van der Waals surface area contributed by atoms with Crippen molar-refractivity contribution in [1.82, 2.24) is 5.43 Å². The molecule has 0 aliphatic rings. The predicted molar refractivity (Wildman–Crippen MR) is 88.4 cm³/mol. The van der Waals surface area contributed by atoms with Crippen molar-refractivity contribution in [3.8, 4) is 5.75 Å². The number of carbonyl (C=O) groups is 2. The van der Waals surface area contributed by atoms with Gasteiger partial charge in [0.2, 0.25) is 5.91 Å². The number of phenols is 1. The molecule has 0 radical (unpaired) electrons. The number of rotatable bonds is 5. The Morgan fingerprint density at radius 3 is 2.39 bits per heavy atom. The van der Waals surface area contributed by atoms with Crippen molar-refractivity contribution in [2.45, 2.75) is 13.3 Å². The van der Waals surface area contributed by atoms with Crippen LogP contribution >= 0.6 is 0 Å². The Morgan fingerprint density at radius 1 is 1.04 bits per heavy atom. The number of benzene rings is 2. The largest absolute Gasteiger partial charge is 0.507 e. The van der Waals surface area contributed by atoms with Gasteiger partial charge >= 0.3 is 0 Å². The summed E-state index contributed by atoms with van der Waals surface area (Å²) < 4.78 is 0. The molecule has 0 aromatic heterocycles. The third kappa shape index (κ3) is 4.96. The maximum atomic E-state index is 11.9. The topological polar surface area (TPSA) is 90.8 Å². The summed E-state index contributed by atoms with van der Waals surface area (Å²) >= 11 is 0. The van der Waals surface area contributed by atoms with Crippen molar-refractivity contribution in [1.29, 1.82) is 0 Å². The van der Waals surface area contributed by atoms with E-state index in [1.165, 1.54) is 12.1 Å². The fraction of sp³-hybridized carbons (Fsp3) is 0.118. The zero-order chi connectivity index (χ0) is 16.7. The van der Waals surface area contributed by atoms with Gasteiger partial charge in [0.15, 0.2) is 0 Å². The summed E-state index contributed by atoms with van der Waals surface area (Å²) in [5.74, 6) is -0.889. The molecule has 0 heterocycles. The third-order valence-electron chi connectivity index (χ3n) is 2.97. The van der Waals surface area contributed by atoms with Crippen molar-refractivity contribution in [2.75, 3.05) is 5.32 Å². The van der Waals surface area contributed by atoms with Crippen LogP contribution in [-0.4, -0.2) is 22.6 Å². The number of phenolic OH excluding ortho intramolecular Hbond substituents is 1. The van der Waals surface area contributed by atoms with E-state index in [0.717, 1.165) is 0 Å². The minimum absolute atomic E-state index is 0.0515. The van der Waals surface area contributed by atoms with E-state index in [4.69, 9.17) is 0 Å². The number of nitrogens with zero attached hydrogens (tertiary/aromatic N) is 1. The molecule has 0 spiro atoms. The van der Waals surface area contributed by atoms with Gasteiger partial charge in [-0.25, -0.2) is 5.43 Å². The zero-order valence-electron chi connectivity index (χ0n) is 12.6. The molecule has 2 rings (SSSR count). The Kier molecular flexibility index (Phi) is 5.46. The number of carbonyl (C=O) groups excluding carboxylic acids is 2. The molecule has 0 saturated heterocycles. The highest BCUT2D eigenvalue weighted by molar-refractivity contribution is 6.06. The molecule has 0 atom stereocenters. The molecule has 2 aromatic carbocycles. The molecule has 0 aliphatic heterocycles. The molecule has 2 aromatic rings. The van der Waals surface area contributed by atoms with Gasteiger partial charge in [0.05, 0.1) is 12.0 Å². The first-order chi connectivity index (χ1) is 11.1. The second kappa shape index (κ2) is 7.74. The molecule has 0 saturated carbocycles. The highest BCUT2D eigenvalue weighted by Crippen LogP contribution is 2.14. The highest BCUT2D eigenvalue weighted by atomic mass is 16.3. The average Bonchev–Trinajstić information content (AvgIpc) is 2.54. The average molecular weight is 311 g/mol. The summed E-state index contributed by atoms with van der Waals surface area (Å²) in [5.41, 5.74) is 3.58. The second-order valence-corrected chi connectivity index (χ2v) is 4.90. The Labute approximate surface area is 133 Å². The van der Waals surface area contributed by atoms with Gasteiger partial charge in [-0.3, -0.25) is 9.59 Å². The summed E-state index contributed by atoms with van der Waals surface area (Å²) in [7, 11) is 0. The van der Waals surface area contributed by atoms with E-state index in [-0.39, 0.29) is 23.6 Å².